The van der Waals surface area contributed by atoms with E-state index in [4.69, 9.17) is 0 Å². The molecule has 0 aromatic rings. The van der Waals surface area contributed by atoms with Gasteiger partial charge in [0.05, 0.1) is 0 Å². The van der Waals surface area contributed by atoms with E-state index in [9.17, 15) is 0 Å². The van der Waals surface area contributed by atoms with E-state index >= 15 is 0 Å². The highest BCUT2D eigenvalue weighted by Gasteiger charge is 1.91. The Morgan fingerprint density at radius 1 is 0.667 bits per heavy atom. The van der Waals surface area contributed by atoms with E-state index in [-0.39, 0.29) is 0 Å². The number of hydrogen-bond acceptors (Lipinski definition) is 1. The summed E-state index contributed by atoms with van der Waals surface area (Å²) in [5.41, 5.74) is 0. The monoisotopic (exact) mass is 230 g/mol. The van der Waals surface area contributed by atoms with Crippen LogP contribution in [0.15, 0.2) is 13.2 Å². The van der Waals surface area contributed by atoms with Gasteiger partial charge in [0, 0.05) is 0 Å². The zero-order valence-corrected chi connectivity index (χ0v) is 11.5. The molecule has 0 N–H and O–H groups in total. The highest BCUT2D eigenvalue weighted by molar-refractivity contribution is 7.80. The van der Waals surface area contributed by atoms with Gasteiger partial charge in [-0.15, -0.1) is 13.2 Å². The van der Waals surface area contributed by atoms with Gasteiger partial charge in [-0.3, -0.25) is 0 Å². The molecule has 1 heteroatoms. The maximum atomic E-state index is 4.20. The summed E-state index contributed by atoms with van der Waals surface area (Å²) < 4.78 is 0. The molecule has 0 aliphatic carbocycles. The van der Waals surface area contributed by atoms with E-state index in [1.165, 1.54) is 64.2 Å². The fourth-order valence-corrected chi connectivity index (χ4v) is 1.82. The Hall–Kier alpha value is 0.0900. The molecule has 0 unspecified atom stereocenters. The number of rotatable bonds is 10. The highest BCUT2D eigenvalue weighted by Crippen LogP contribution is 2.10. The molecule has 0 rings (SSSR count). The van der Waals surface area contributed by atoms with Crippen LogP contribution in [0.1, 0.15) is 71.1 Å². The van der Waals surface area contributed by atoms with Crippen LogP contribution in [0.3, 0.4) is 0 Å². The molecule has 0 fully saturated rings. The van der Waals surface area contributed by atoms with Gasteiger partial charge >= 0.3 is 0 Å². The molecule has 0 nitrogen and oxygen atoms in total. The van der Waals surface area contributed by atoms with E-state index in [1.54, 1.807) is 0 Å². The van der Waals surface area contributed by atoms with Crippen LogP contribution in [0.5, 0.6) is 0 Å². The van der Waals surface area contributed by atoms with Crippen LogP contribution in [0, 0.1) is 0 Å². The van der Waals surface area contributed by atoms with E-state index in [0.29, 0.717) is 0 Å². The second-order valence-corrected chi connectivity index (χ2v) is 4.35. The molecule has 0 aromatic carbocycles. The average molecular weight is 230 g/mol. The molecule has 92 valence electrons. The van der Waals surface area contributed by atoms with Crippen molar-refractivity contribution >= 4 is 12.6 Å². The molecule has 0 saturated carbocycles. The van der Waals surface area contributed by atoms with Gasteiger partial charge in [-0.1, -0.05) is 64.7 Å². The average Bonchev–Trinajstić information content (AvgIpc) is 2.30. The number of unbranched alkanes of at least 4 members (excludes halogenated alkanes) is 9. The minimum atomic E-state index is 1.07. The molecule has 0 amide bonds. The van der Waals surface area contributed by atoms with Gasteiger partial charge in [-0.05, 0) is 12.2 Å². The molecule has 0 aliphatic rings. The third-order valence-electron chi connectivity index (χ3n) is 2.51. The Labute approximate surface area is 103 Å². The molecule has 0 bridgehead atoms. The fourth-order valence-electron chi connectivity index (χ4n) is 1.60. The lowest BCUT2D eigenvalue weighted by molar-refractivity contribution is 0.563. The molecule has 0 atom stereocenters. The Balaban J connectivity index is 0. The predicted molar refractivity (Wildman–Crippen MR) is 77.0 cm³/mol. The molecule has 0 spiro atoms. The van der Waals surface area contributed by atoms with Crippen LogP contribution in [-0.4, -0.2) is 5.75 Å². The summed E-state index contributed by atoms with van der Waals surface area (Å²) in [7, 11) is 0. The molecular formula is C14H30S. The van der Waals surface area contributed by atoms with Crippen molar-refractivity contribution < 1.29 is 0 Å². The van der Waals surface area contributed by atoms with Crippen molar-refractivity contribution in [2.45, 2.75) is 71.1 Å². The maximum Gasteiger partial charge on any atom is -0.00979 e. The van der Waals surface area contributed by atoms with Crippen molar-refractivity contribution in [1.82, 2.24) is 0 Å². The van der Waals surface area contributed by atoms with Gasteiger partial charge in [0.2, 0.25) is 0 Å². The lowest BCUT2D eigenvalue weighted by Gasteiger charge is -2.00. The number of hydrogen-bond donors (Lipinski definition) is 1. The summed E-state index contributed by atoms with van der Waals surface area (Å²) in [6.07, 6.45) is 14.2. The smallest absolute Gasteiger partial charge is 0.00979 e. The molecule has 0 aromatic heterocycles. The summed E-state index contributed by atoms with van der Waals surface area (Å²) in [5.74, 6) is 1.07. The molecule has 0 heterocycles. The Kier molecular flexibility index (Phi) is 22.9. The SMILES string of the molecule is C=C.CCCCCCCCCCCCS. The quantitative estimate of drug-likeness (QED) is 0.280. The second kappa shape index (κ2) is 19.6. The second-order valence-electron chi connectivity index (χ2n) is 3.91. The van der Waals surface area contributed by atoms with Gasteiger partial charge < -0.3 is 0 Å². The van der Waals surface area contributed by atoms with Crippen molar-refractivity contribution in [3.05, 3.63) is 13.2 Å². The summed E-state index contributed by atoms with van der Waals surface area (Å²) in [6, 6.07) is 0. The van der Waals surface area contributed by atoms with Crippen molar-refractivity contribution in [2.75, 3.05) is 5.75 Å². The zero-order valence-electron chi connectivity index (χ0n) is 10.6. The van der Waals surface area contributed by atoms with Gasteiger partial charge in [0.25, 0.3) is 0 Å². The lowest BCUT2D eigenvalue weighted by Crippen LogP contribution is -1.81. The minimum Gasteiger partial charge on any atom is -0.179 e. The van der Waals surface area contributed by atoms with E-state index in [1.807, 2.05) is 0 Å². The standard InChI is InChI=1S/C12H26S.C2H4/c1-2-3-4-5-6-7-8-9-10-11-12-13;1-2/h13H,2-12H2,1H3;1-2H2. The molecule has 0 aliphatic heterocycles. The van der Waals surface area contributed by atoms with Crippen LogP contribution in [0.4, 0.5) is 0 Å². The van der Waals surface area contributed by atoms with Gasteiger partial charge in [0.1, 0.15) is 0 Å². The Bertz CT molecular complexity index is 81.3. The molecule has 15 heavy (non-hydrogen) atoms. The molecule has 0 saturated heterocycles. The van der Waals surface area contributed by atoms with Crippen LogP contribution in [0.25, 0.3) is 0 Å². The van der Waals surface area contributed by atoms with Gasteiger partial charge in [-0.25, -0.2) is 0 Å². The Morgan fingerprint density at radius 2 is 1.00 bits per heavy atom. The van der Waals surface area contributed by atoms with E-state index < -0.39 is 0 Å². The first-order chi connectivity index (χ1) is 7.41. The topological polar surface area (TPSA) is 0 Å². The first-order valence-corrected chi connectivity index (χ1v) is 7.16. The minimum absolute atomic E-state index is 1.07. The van der Waals surface area contributed by atoms with Crippen LogP contribution < -0.4 is 0 Å². The van der Waals surface area contributed by atoms with E-state index in [0.717, 1.165) is 5.75 Å². The molecule has 0 radical (unpaired) electrons. The summed E-state index contributed by atoms with van der Waals surface area (Å²) in [4.78, 5) is 0. The first kappa shape index (κ1) is 17.5. The third-order valence-corrected chi connectivity index (χ3v) is 2.83. The van der Waals surface area contributed by atoms with Crippen LogP contribution >= 0.6 is 12.6 Å². The van der Waals surface area contributed by atoms with Crippen molar-refractivity contribution in [2.24, 2.45) is 0 Å². The Morgan fingerprint density at radius 3 is 1.33 bits per heavy atom. The van der Waals surface area contributed by atoms with E-state index in [2.05, 4.69) is 32.7 Å². The normalized spacial score (nSPS) is 9.47. The lowest BCUT2D eigenvalue weighted by atomic mass is 10.1. The van der Waals surface area contributed by atoms with Gasteiger partial charge in [-0.2, -0.15) is 12.6 Å². The summed E-state index contributed by atoms with van der Waals surface area (Å²) >= 11 is 4.20. The summed E-state index contributed by atoms with van der Waals surface area (Å²) in [5, 5.41) is 0. The van der Waals surface area contributed by atoms with Gasteiger partial charge in [0.15, 0.2) is 0 Å². The first-order valence-electron chi connectivity index (χ1n) is 6.52. The highest BCUT2D eigenvalue weighted by atomic mass is 32.1. The maximum absolute atomic E-state index is 4.20. The molecular weight excluding hydrogens is 200 g/mol. The van der Waals surface area contributed by atoms with Crippen molar-refractivity contribution in [3.63, 3.8) is 0 Å². The predicted octanol–water partition coefficient (Wildman–Crippen LogP) is 5.64. The largest absolute Gasteiger partial charge is 0.179 e. The van der Waals surface area contributed by atoms with Crippen molar-refractivity contribution in [1.29, 1.82) is 0 Å². The van der Waals surface area contributed by atoms with Crippen LogP contribution in [0.2, 0.25) is 0 Å². The third kappa shape index (κ3) is 20.2. The zero-order chi connectivity index (χ0) is 11.8. The fraction of sp³-hybridized carbons (Fsp3) is 0.857. The van der Waals surface area contributed by atoms with Crippen molar-refractivity contribution in [3.8, 4) is 0 Å². The summed E-state index contributed by atoms with van der Waals surface area (Å²) in [6.45, 7) is 8.28. The van der Waals surface area contributed by atoms with Crippen LogP contribution in [-0.2, 0) is 0 Å². The number of thiol groups is 1.